The molecule has 3 heteroatoms. The summed E-state index contributed by atoms with van der Waals surface area (Å²) in [7, 11) is 0. The molecule has 3 nitrogen and oxygen atoms in total. The number of benzene rings is 2. The predicted molar refractivity (Wildman–Crippen MR) is 87.6 cm³/mol. The van der Waals surface area contributed by atoms with Gasteiger partial charge in [0, 0.05) is 6.07 Å². The van der Waals surface area contributed by atoms with E-state index < -0.39 is 0 Å². The van der Waals surface area contributed by atoms with Crippen LogP contribution in [0.2, 0.25) is 0 Å². The normalized spacial score (nSPS) is 10.2. The summed E-state index contributed by atoms with van der Waals surface area (Å²) in [6.07, 6.45) is 1.86. The predicted octanol–water partition coefficient (Wildman–Crippen LogP) is 3.73. The van der Waals surface area contributed by atoms with Crippen molar-refractivity contribution in [2.45, 2.75) is 6.92 Å². The third-order valence-corrected chi connectivity index (χ3v) is 3.47. The van der Waals surface area contributed by atoms with Crippen molar-refractivity contribution in [3.05, 3.63) is 84.1 Å². The number of pyridine rings is 1. The molecule has 0 aliphatic carbocycles. The standard InChI is InChI=1S/C19H16N2O/c1-14-7-12-18(20-13-14)21-19(22)17-10-8-16(9-11-17)15-5-3-2-4-6-15/h2-13H,1H3,(H,20,21,22)/p+1. The Balaban J connectivity index is 1.75. The molecule has 2 N–H and O–H groups in total. The molecule has 3 rings (SSSR count). The first kappa shape index (κ1) is 14.0. The van der Waals surface area contributed by atoms with Crippen molar-refractivity contribution in [2.24, 2.45) is 0 Å². The Hall–Kier alpha value is -2.94. The molecule has 22 heavy (non-hydrogen) atoms. The van der Waals surface area contributed by atoms with Gasteiger partial charge in [-0.15, -0.1) is 0 Å². The van der Waals surface area contributed by atoms with Crippen LogP contribution in [0.25, 0.3) is 11.1 Å². The molecular weight excluding hydrogens is 272 g/mol. The van der Waals surface area contributed by atoms with Crippen molar-refractivity contribution < 1.29 is 9.78 Å². The Morgan fingerprint density at radius 2 is 1.55 bits per heavy atom. The molecule has 0 unspecified atom stereocenters. The van der Waals surface area contributed by atoms with Crippen molar-refractivity contribution in [3.8, 4) is 11.1 Å². The van der Waals surface area contributed by atoms with Crippen molar-refractivity contribution >= 4 is 11.7 Å². The van der Waals surface area contributed by atoms with Gasteiger partial charge in [-0.1, -0.05) is 42.5 Å². The lowest BCUT2D eigenvalue weighted by molar-refractivity contribution is -0.361. The van der Waals surface area contributed by atoms with E-state index in [-0.39, 0.29) is 5.91 Å². The van der Waals surface area contributed by atoms with Gasteiger partial charge in [-0.3, -0.25) is 0 Å². The van der Waals surface area contributed by atoms with Crippen molar-refractivity contribution in [1.29, 1.82) is 0 Å². The van der Waals surface area contributed by atoms with Gasteiger partial charge in [0.25, 0.3) is 5.82 Å². The molecule has 0 aliphatic rings. The van der Waals surface area contributed by atoms with E-state index in [0.717, 1.165) is 16.7 Å². The fourth-order valence-electron chi connectivity index (χ4n) is 2.22. The van der Waals surface area contributed by atoms with Gasteiger partial charge < -0.3 is 0 Å². The molecule has 0 fully saturated rings. The van der Waals surface area contributed by atoms with Gasteiger partial charge in [0.15, 0.2) is 0 Å². The summed E-state index contributed by atoms with van der Waals surface area (Å²) < 4.78 is 0. The summed E-state index contributed by atoms with van der Waals surface area (Å²) in [5.41, 5.74) is 3.99. The fourth-order valence-corrected chi connectivity index (χ4v) is 2.22. The molecule has 0 spiro atoms. The third-order valence-electron chi connectivity index (χ3n) is 3.47. The number of nitrogens with one attached hydrogen (secondary N) is 2. The van der Waals surface area contributed by atoms with E-state index in [0.29, 0.717) is 11.4 Å². The van der Waals surface area contributed by atoms with E-state index in [9.17, 15) is 4.79 Å². The summed E-state index contributed by atoms with van der Waals surface area (Å²) in [6.45, 7) is 1.99. The maximum absolute atomic E-state index is 12.2. The zero-order valence-electron chi connectivity index (χ0n) is 12.3. The lowest BCUT2D eigenvalue weighted by Gasteiger charge is -2.03. The number of H-pyrrole nitrogens is 1. The molecule has 3 aromatic rings. The van der Waals surface area contributed by atoms with Gasteiger partial charge in [0.2, 0.25) is 0 Å². The van der Waals surface area contributed by atoms with Gasteiger partial charge in [0.05, 0.1) is 11.8 Å². The molecule has 2 aromatic carbocycles. The van der Waals surface area contributed by atoms with Crippen LogP contribution in [0.4, 0.5) is 5.82 Å². The Kier molecular flexibility index (Phi) is 3.97. The van der Waals surface area contributed by atoms with Gasteiger partial charge >= 0.3 is 5.91 Å². The Morgan fingerprint density at radius 3 is 2.18 bits per heavy atom. The highest BCUT2D eigenvalue weighted by molar-refractivity contribution is 6.03. The molecule has 0 bridgehead atoms. The maximum Gasteiger partial charge on any atom is 0.339 e. The summed E-state index contributed by atoms with van der Waals surface area (Å²) in [5, 5.41) is 2.85. The first-order valence-electron chi connectivity index (χ1n) is 7.17. The van der Waals surface area contributed by atoms with Crippen LogP contribution in [0.15, 0.2) is 72.9 Å². The number of carbonyl (C=O) groups is 1. The first-order valence-corrected chi connectivity index (χ1v) is 7.17. The lowest BCUT2D eigenvalue weighted by atomic mass is 10.0. The summed E-state index contributed by atoms with van der Waals surface area (Å²) in [4.78, 5) is 15.3. The molecule has 0 radical (unpaired) electrons. The first-order chi connectivity index (χ1) is 10.7. The van der Waals surface area contributed by atoms with Crippen LogP contribution < -0.4 is 10.3 Å². The number of rotatable bonds is 3. The van der Waals surface area contributed by atoms with E-state index >= 15 is 0 Å². The molecular formula is C19H17N2O+. The second kappa shape index (κ2) is 6.22. The number of aromatic nitrogens is 1. The van der Waals surface area contributed by atoms with Crippen LogP contribution in [0.1, 0.15) is 15.9 Å². The average Bonchev–Trinajstić information content (AvgIpc) is 2.58. The number of amides is 1. The largest absolute Gasteiger partial charge is 0.339 e. The zero-order valence-corrected chi connectivity index (χ0v) is 12.3. The highest BCUT2D eigenvalue weighted by atomic mass is 16.1. The van der Waals surface area contributed by atoms with Crippen LogP contribution >= 0.6 is 0 Å². The number of carbonyl (C=O) groups excluding carboxylic acids is 1. The molecule has 108 valence electrons. The van der Waals surface area contributed by atoms with Gasteiger partial charge in [-0.2, -0.15) is 0 Å². The zero-order chi connectivity index (χ0) is 15.4. The molecule has 0 atom stereocenters. The number of aromatic amines is 1. The third kappa shape index (κ3) is 3.20. The highest BCUT2D eigenvalue weighted by Crippen LogP contribution is 2.19. The molecule has 1 amide bonds. The maximum atomic E-state index is 12.2. The Bertz CT molecular complexity index is 763. The minimum atomic E-state index is -0.125. The van der Waals surface area contributed by atoms with Gasteiger partial charge in [0.1, 0.15) is 0 Å². The summed E-state index contributed by atoms with van der Waals surface area (Å²) >= 11 is 0. The summed E-state index contributed by atoms with van der Waals surface area (Å²) in [6, 6.07) is 21.5. The molecule has 1 heterocycles. The topological polar surface area (TPSA) is 43.2 Å². The van der Waals surface area contributed by atoms with Crippen molar-refractivity contribution in [1.82, 2.24) is 0 Å². The SMILES string of the molecule is Cc1ccc(NC(=O)c2ccc(-c3ccccc3)cc2)[nH+]c1. The van der Waals surface area contributed by atoms with E-state index in [4.69, 9.17) is 0 Å². The Labute approximate surface area is 129 Å². The van der Waals surface area contributed by atoms with Crippen LogP contribution in [-0.2, 0) is 0 Å². The van der Waals surface area contributed by atoms with Crippen LogP contribution in [0, 0.1) is 6.92 Å². The van der Waals surface area contributed by atoms with Crippen LogP contribution in [0.3, 0.4) is 0 Å². The van der Waals surface area contributed by atoms with Crippen molar-refractivity contribution in [2.75, 3.05) is 5.32 Å². The lowest BCUT2D eigenvalue weighted by Crippen LogP contribution is -2.19. The van der Waals surface area contributed by atoms with Crippen LogP contribution in [0.5, 0.6) is 0 Å². The molecule has 0 saturated heterocycles. The quantitative estimate of drug-likeness (QED) is 0.784. The summed E-state index contributed by atoms with van der Waals surface area (Å²) in [5.74, 6) is 0.558. The monoisotopic (exact) mass is 289 g/mol. The van der Waals surface area contributed by atoms with Crippen molar-refractivity contribution in [3.63, 3.8) is 0 Å². The van der Waals surface area contributed by atoms with E-state index in [1.165, 1.54) is 0 Å². The smallest absolute Gasteiger partial charge is 0.247 e. The van der Waals surface area contributed by atoms with Gasteiger partial charge in [-0.25, -0.2) is 15.1 Å². The number of hydrogen-bond donors (Lipinski definition) is 1. The van der Waals surface area contributed by atoms with Gasteiger partial charge in [-0.05, 0) is 41.8 Å². The minimum absolute atomic E-state index is 0.125. The van der Waals surface area contributed by atoms with Crippen LogP contribution in [-0.4, -0.2) is 5.91 Å². The second-order valence-electron chi connectivity index (χ2n) is 5.18. The fraction of sp³-hybridized carbons (Fsp3) is 0.0526. The average molecular weight is 289 g/mol. The van der Waals surface area contributed by atoms with E-state index in [2.05, 4.69) is 22.4 Å². The van der Waals surface area contributed by atoms with E-state index in [1.54, 1.807) is 0 Å². The Morgan fingerprint density at radius 1 is 0.864 bits per heavy atom. The molecule has 0 saturated carbocycles. The highest BCUT2D eigenvalue weighted by Gasteiger charge is 2.12. The number of hydrogen-bond acceptors (Lipinski definition) is 1. The van der Waals surface area contributed by atoms with E-state index in [1.807, 2.05) is 67.7 Å². The minimum Gasteiger partial charge on any atom is -0.247 e. The molecule has 0 aliphatic heterocycles. The number of aryl methyl sites for hydroxylation is 1. The second-order valence-corrected chi connectivity index (χ2v) is 5.18. The molecule has 1 aromatic heterocycles. The number of anilines is 1.